The third-order valence-corrected chi connectivity index (χ3v) is 4.51. The lowest BCUT2D eigenvalue weighted by Crippen LogP contribution is -2.27. The number of benzene rings is 1. The van der Waals surface area contributed by atoms with Gasteiger partial charge in [-0.05, 0) is 24.6 Å². The van der Waals surface area contributed by atoms with Crippen LogP contribution in [-0.4, -0.2) is 41.2 Å². The molecule has 0 radical (unpaired) electrons. The maximum atomic E-state index is 11.9. The zero-order valence-electron chi connectivity index (χ0n) is 13.9. The smallest absolute Gasteiger partial charge is 0.258 e. The van der Waals surface area contributed by atoms with Crippen LogP contribution < -0.4 is 20.5 Å². The monoisotopic (exact) mass is 337 g/mol. The number of aromatic nitrogens is 3. The molecule has 4 rings (SSSR count). The van der Waals surface area contributed by atoms with Crippen LogP contribution in [0, 0.1) is 0 Å². The summed E-state index contributed by atoms with van der Waals surface area (Å²) in [5.74, 6) is 1.52. The molecule has 0 saturated carbocycles. The summed E-state index contributed by atoms with van der Waals surface area (Å²) in [5.41, 5.74) is 1.54. The van der Waals surface area contributed by atoms with Crippen LogP contribution in [0.25, 0.3) is 10.9 Å². The topological polar surface area (TPSA) is 83.1 Å². The van der Waals surface area contributed by atoms with Gasteiger partial charge in [-0.2, -0.15) is 0 Å². The van der Waals surface area contributed by atoms with Crippen molar-refractivity contribution in [2.75, 3.05) is 30.4 Å². The van der Waals surface area contributed by atoms with Crippen molar-refractivity contribution in [2.45, 2.75) is 12.5 Å². The van der Waals surface area contributed by atoms with Crippen LogP contribution in [0.1, 0.15) is 6.42 Å². The maximum absolute atomic E-state index is 11.9. The fraction of sp³-hybridized carbons (Fsp3) is 0.278. The second-order valence-electron chi connectivity index (χ2n) is 6.04. The third kappa shape index (κ3) is 2.88. The van der Waals surface area contributed by atoms with Gasteiger partial charge in [0, 0.05) is 25.3 Å². The van der Waals surface area contributed by atoms with Gasteiger partial charge in [-0.1, -0.05) is 12.1 Å². The molecule has 0 bridgehead atoms. The van der Waals surface area contributed by atoms with Crippen LogP contribution in [0.2, 0.25) is 0 Å². The Balaban J connectivity index is 1.56. The minimum absolute atomic E-state index is 0.155. The summed E-state index contributed by atoms with van der Waals surface area (Å²) in [6.07, 6.45) is 4.02. The van der Waals surface area contributed by atoms with Crippen LogP contribution in [-0.2, 0) is 0 Å². The molecule has 1 aromatic carbocycles. The first-order valence-electron chi connectivity index (χ1n) is 8.23. The molecule has 0 amide bonds. The molecule has 7 heteroatoms. The number of nitrogens with zero attached hydrogens (tertiary/aromatic N) is 3. The Morgan fingerprint density at radius 1 is 1.28 bits per heavy atom. The Labute approximate surface area is 144 Å². The Kier molecular flexibility index (Phi) is 3.97. The number of rotatable bonds is 4. The number of aromatic amines is 1. The van der Waals surface area contributed by atoms with E-state index in [1.807, 2.05) is 18.2 Å². The van der Waals surface area contributed by atoms with Gasteiger partial charge in [-0.3, -0.25) is 4.79 Å². The van der Waals surface area contributed by atoms with E-state index in [9.17, 15) is 4.79 Å². The standard InChI is InChI=1S/C18H19N5O2/c1-25-15-5-3-2-4-14(15)23-9-7-12(10-23)22-17-16-13(6-8-19-17)18(24)21-11-20-16/h2-6,8,11-12H,7,9-10H2,1H3,(H,19,22)(H,20,21,24). The maximum Gasteiger partial charge on any atom is 0.258 e. The second kappa shape index (κ2) is 6.43. The summed E-state index contributed by atoms with van der Waals surface area (Å²) in [5, 5.41) is 3.98. The summed E-state index contributed by atoms with van der Waals surface area (Å²) in [4.78, 5) is 25.4. The molecule has 3 aromatic rings. The molecule has 2 N–H and O–H groups in total. The molecule has 1 aliphatic rings. The van der Waals surface area contributed by atoms with Crippen LogP contribution in [0.4, 0.5) is 11.5 Å². The number of fused-ring (bicyclic) bond motifs is 1. The van der Waals surface area contributed by atoms with E-state index in [0.717, 1.165) is 30.9 Å². The Morgan fingerprint density at radius 3 is 3.04 bits per heavy atom. The van der Waals surface area contributed by atoms with Crippen molar-refractivity contribution in [2.24, 2.45) is 0 Å². The number of methoxy groups -OCH3 is 1. The zero-order chi connectivity index (χ0) is 17.2. The van der Waals surface area contributed by atoms with Gasteiger partial charge in [0.15, 0.2) is 5.82 Å². The van der Waals surface area contributed by atoms with E-state index in [0.29, 0.717) is 16.7 Å². The number of nitrogens with one attached hydrogen (secondary N) is 2. The van der Waals surface area contributed by atoms with Crippen LogP contribution >= 0.6 is 0 Å². The van der Waals surface area contributed by atoms with E-state index < -0.39 is 0 Å². The third-order valence-electron chi connectivity index (χ3n) is 4.51. The van der Waals surface area contributed by atoms with Gasteiger partial charge < -0.3 is 19.9 Å². The molecule has 1 saturated heterocycles. The summed E-state index contributed by atoms with van der Waals surface area (Å²) in [6.45, 7) is 1.76. The quantitative estimate of drug-likeness (QED) is 0.758. The van der Waals surface area contributed by atoms with Gasteiger partial charge >= 0.3 is 0 Å². The first-order valence-corrected chi connectivity index (χ1v) is 8.23. The first-order chi connectivity index (χ1) is 12.3. The highest BCUT2D eigenvalue weighted by molar-refractivity contribution is 5.87. The number of hydrogen-bond acceptors (Lipinski definition) is 6. The lowest BCUT2D eigenvalue weighted by Gasteiger charge is -2.21. The van der Waals surface area contributed by atoms with Gasteiger partial charge in [0.1, 0.15) is 11.3 Å². The van der Waals surface area contributed by atoms with Crippen molar-refractivity contribution in [3.63, 3.8) is 0 Å². The SMILES string of the molecule is COc1ccccc1N1CCC(Nc2nccc3c(=O)[nH]cnc23)C1. The van der Waals surface area contributed by atoms with Gasteiger partial charge in [-0.25, -0.2) is 9.97 Å². The number of H-pyrrole nitrogens is 1. The van der Waals surface area contributed by atoms with E-state index >= 15 is 0 Å². The predicted octanol–water partition coefficient (Wildman–Crippen LogP) is 2.02. The van der Waals surface area contributed by atoms with Crippen molar-refractivity contribution in [3.05, 3.63) is 53.2 Å². The molecule has 3 heterocycles. The molecule has 1 atom stereocenters. The minimum Gasteiger partial charge on any atom is -0.495 e. The van der Waals surface area contributed by atoms with Gasteiger partial charge in [0.25, 0.3) is 5.56 Å². The predicted molar refractivity (Wildman–Crippen MR) is 97.4 cm³/mol. The molecule has 0 aliphatic carbocycles. The minimum atomic E-state index is -0.155. The Hall–Kier alpha value is -3.09. The number of hydrogen-bond donors (Lipinski definition) is 2. The largest absolute Gasteiger partial charge is 0.495 e. The average molecular weight is 337 g/mol. The van der Waals surface area contributed by atoms with E-state index in [2.05, 4.69) is 31.2 Å². The first kappa shape index (κ1) is 15.4. The average Bonchev–Trinajstić information content (AvgIpc) is 3.11. The van der Waals surface area contributed by atoms with Crippen molar-refractivity contribution >= 4 is 22.4 Å². The van der Waals surface area contributed by atoms with Crippen LogP contribution in [0.3, 0.4) is 0 Å². The van der Waals surface area contributed by atoms with Gasteiger partial charge in [0.2, 0.25) is 0 Å². The summed E-state index contributed by atoms with van der Waals surface area (Å²) in [7, 11) is 1.69. The van der Waals surface area contributed by atoms with Crippen LogP contribution in [0.15, 0.2) is 47.7 Å². The Morgan fingerprint density at radius 2 is 2.16 bits per heavy atom. The lowest BCUT2D eigenvalue weighted by atomic mass is 10.2. The number of pyridine rings is 1. The zero-order valence-corrected chi connectivity index (χ0v) is 13.9. The summed E-state index contributed by atoms with van der Waals surface area (Å²) < 4.78 is 5.46. The molecule has 1 fully saturated rings. The van der Waals surface area contributed by atoms with E-state index in [-0.39, 0.29) is 11.6 Å². The van der Waals surface area contributed by atoms with Crippen molar-refractivity contribution in [3.8, 4) is 5.75 Å². The van der Waals surface area contributed by atoms with E-state index in [4.69, 9.17) is 4.74 Å². The fourth-order valence-corrected chi connectivity index (χ4v) is 3.29. The molecule has 7 nitrogen and oxygen atoms in total. The van der Waals surface area contributed by atoms with Gasteiger partial charge in [-0.15, -0.1) is 0 Å². The highest BCUT2D eigenvalue weighted by atomic mass is 16.5. The molecular formula is C18H19N5O2. The van der Waals surface area contributed by atoms with Crippen molar-refractivity contribution in [1.29, 1.82) is 0 Å². The second-order valence-corrected chi connectivity index (χ2v) is 6.04. The molecule has 1 aliphatic heterocycles. The molecule has 1 unspecified atom stereocenters. The van der Waals surface area contributed by atoms with E-state index in [1.54, 1.807) is 19.4 Å². The Bertz CT molecular complexity index is 955. The summed E-state index contributed by atoms with van der Waals surface area (Å²) >= 11 is 0. The lowest BCUT2D eigenvalue weighted by molar-refractivity contribution is 0.415. The molecule has 0 spiro atoms. The highest BCUT2D eigenvalue weighted by Crippen LogP contribution is 2.31. The number of anilines is 2. The van der Waals surface area contributed by atoms with Crippen LogP contribution in [0.5, 0.6) is 5.75 Å². The summed E-state index contributed by atoms with van der Waals surface area (Å²) in [6, 6.07) is 9.93. The van der Waals surface area contributed by atoms with Crippen molar-refractivity contribution in [1.82, 2.24) is 15.0 Å². The molecule has 2 aromatic heterocycles. The number of para-hydroxylation sites is 2. The van der Waals surface area contributed by atoms with Crippen molar-refractivity contribution < 1.29 is 4.74 Å². The fourth-order valence-electron chi connectivity index (χ4n) is 3.29. The van der Waals surface area contributed by atoms with Gasteiger partial charge in [0.05, 0.1) is 24.5 Å². The van der Waals surface area contributed by atoms with E-state index in [1.165, 1.54) is 6.33 Å². The molecular weight excluding hydrogens is 318 g/mol. The number of ether oxygens (including phenoxy) is 1. The highest BCUT2D eigenvalue weighted by Gasteiger charge is 2.25. The molecule has 128 valence electrons. The molecule has 25 heavy (non-hydrogen) atoms. The normalized spacial score (nSPS) is 17.0.